The molecule has 2 bridgehead atoms. The molecule has 0 aromatic carbocycles. The molecule has 16 heteroatoms. The zero-order valence-electron chi connectivity index (χ0n) is 14.6. The van der Waals surface area contributed by atoms with Crippen molar-refractivity contribution in [1.29, 1.82) is 0 Å². The number of hydrogen-bond acceptors (Lipinski definition) is 8. The first kappa shape index (κ1) is 21.2. The fraction of sp³-hybridized carbons (Fsp3) is 0.833. The Bertz CT molecular complexity index is 878. The molecule has 160 valence electrons. The van der Waals surface area contributed by atoms with Crippen molar-refractivity contribution in [2.75, 3.05) is 19.7 Å². The van der Waals surface area contributed by atoms with Gasteiger partial charge in [-0.15, -0.1) is 4.28 Å². The van der Waals surface area contributed by atoms with E-state index in [1.54, 1.807) is 0 Å². The Hall–Kier alpha value is -1.56. The quantitative estimate of drug-likeness (QED) is 0.355. The highest BCUT2D eigenvalue weighted by Crippen LogP contribution is 2.38. The lowest BCUT2D eigenvalue weighted by molar-refractivity contribution is -0.176. The molecule has 28 heavy (non-hydrogen) atoms. The third-order valence-electron chi connectivity index (χ3n) is 5.12. The molecule has 5 N–H and O–H groups in total. The number of hydrogen-bond donors (Lipinski definition) is 3. The molecule has 3 aliphatic heterocycles. The van der Waals surface area contributed by atoms with Gasteiger partial charge in [-0.2, -0.15) is 26.2 Å². The fourth-order valence-electron chi connectivity index (χ4n) is 3.86. The Morgan fingerprint density at radius 2 is 1.96 bits per heavy atom. The van der Waals surface area contributed by atoms with E-state index in [1.807, 2.05) is 0 Å². The van der Waals surface area contributed by atoms with Crippen LogP contribution in [0.1, 0.15) is 25.7 Å². The SMILES string of the molecule is NC(=O)[C@@]1(OCC2CCCN2S(N)(=O)=O)CC[C@@H]2CN1C(=O)N2OS(=O)(=O)O. The van der Waals surface area contributed by atoms with E-state index in [2.05, 4.69) is 4.28 Å². The first-order valence-electron chi connectivity index (χ1n) is 8.36. The number of rotatable bonds is 7. The third kappa shape index (κ3) is 3.80. The van der Waals surface area contributed by atoms with Crippen molar-refractivity contribution in [2.24, 2.45) is 10.9 Å². The second kappa shape index (κ2) is 7.05. The lowest BCUT2D eigenvalue weighted by atomic mass is 9.96. The number of nitrogens with zero attached hydrogens (tertiary/aromatic N) is 3. The van der Waals surface area contributed by atoms with Crippen molar-refractivity contribution in [3.05, 3.63) is 0 Å². The summed E-state index contributed by atoms with van der Waals surface area (Å²) >= 11 is 0. The number of carbonyl (C=O) groups excluding carboxylic acids is 2. The molecule has 0 aromatic heterocycles. The van der Waals surface area contributed by atoms with E-state index in [4.69, 9.17) is 20.2 Å². The van der Waals surface area contributed by atoms with Crippen LogP contribution in [0.2, 0.25) is 0 Å². The van der Waals surface area contributed by atoms with E-state index < -0.39 is 50.4 Å². The van der Waals surface area contributed by atoms with E-state index in [1.165, 1.54) is 0 Å². The predicted molar refractivity (Wildman–Crippen MR) is 90.3 cm³/mol. The number of fused-ring (bicyclic) bond motifs is 2. The average Bonchev–Trinajstić information content (AvgIpc) is 3.13. The van der Waals surface area contributed by atoms with E-state index in [0.717, 1.165) is 9.21 Å². The van der Waals surface area contributed by atoms with Gasteiger partial charge >= 0.3 is 16.4 Å². The Morgan fingerprint density at radius 3 is 2.54 bits per heavy atom. The monoisotopic (exact) mass is 443 g/mol. The van der Waals surface area contributed by atoms with Crippen LogP contribution in [-0.2, 0) is 34.4 Å². The Morgan fingerprint density at radius 1 is 1.29 bits per heavy atom. The molecule has 0 spiro atoms. The van der Waals surface area contributed by atoms with E-state index >= 15 is 0 Å². The van der Waals surface area contributed by atoms with Crippen molar-refractivity contribution in [1.82, 2.24) is 14.3 Å². The standard InChI is InChI=1S/C12H21N5O9S2/c13-10(18)12(25-7-9-2-1-5-16(9)27(14,20)21)4-3-8-6-15(12)11(19)17(8)26-28(22,23)24/h8-9H,1-7H2,(H2,13,18)(H2,14,20,21)(H,22,23,24)/t8-,9?,12+/m1/s1. The van der Waals surface area contributed by atoms with E-state index in [0.29, 0.717) is 17.9 Å². The molecule has 3 heterocycles. The second-order valence-corrected chi connectivity index (χ2v) is 9.33. The number of urea groups is 1. The van der Waals surface area contributed by atoms with Gasteiger partial charge in [0.15, 0.2) is 0 Å². The minimum atomic E-state index is -4.95. The number of carbonyl (C=O) groups is 2. The van der Waals surface area contributed by atoms with Crippen molar-refractivity contribution >= 4 is 32.5 Å². The van der Waals surface area contributed by atoms with Gasteiger partial charge in [0.1, 0.15) is 0 Å². The van der Waals surface area contributed by atoms with Crippen molar-refractivity contribution < 1.29 is 40.0 Å². The molecule has 3 amide bonds. The molecule has 3 fully saturated rings. The van der Waals surface area contributed by atoms with Gasteiger partial charge in [0.05, 0.1) is 12.6 Å². The molecular formula is C12H21N5O9S2. The maximum absolute atomic E-state index is 12.5. The lowest BCUT2D eigenvalue weighted by Gasteiger charge is -2.41. The summed E-state index contributed by atoms with van der Waals surface area (Å²) in [5.41, 5.74) is 3.58. The number of primary amides is 1. The maximum Gasteiger partial charge on any atom is 0.418 e. The normalized spacial score (nSPS) is 31.6. The van der Waals surface area contributed by atoms with Gasteiger partial charge in [-0.05, 0) is 19.3 Å². The predicted octanol–water partition coefficient (Wildman–Crippen LogP) is -2.51. The highest BCUT2D eigenvalue weighted by atomic mass is 32.3. The van der Waals surface area contributed by atoms with Crippen LogP contribution < -0.4 is 10.9 Å². The van der Waals surface area contributed by atoms with Gasteiger partial charge in [0, 0.05) is 25.6 Å². The van der Waals surface area contributed by atoms with Crippen molar-refractivity contribution in [3.63, 3.8) is 0 Å². The molecule has 3 atom stereocenters. The molecule has 14 nitrogen and oxygen atoms in total. The zero-order chi connectivity index (χ0) is 20.9. The first-order valence-corrected chi connectivity index (χ1v) is 11.2. The maximum atomic E-state index is 12.5. The molecule has 0 saturated carbocycles. The number of ether oxygens (including phenoxy) is 1. The summed E-state index contributed by atoms with van der Waals surface area (Å²) < 4.78 is 65.1. The minimum Gasteiger partial charge on any atom is -0.365 e. The van der Waals surface area contributed by atoms with Crippen LogP contribution in [0.15, 0.2) is 0 Å². The van der Waals surface area contributed by atoms with E-state index in [9.17, 15) is 26.4 Å². The van der Waals surface area contributed by atoms with Gasteiger partial charge < -0.3 is 10.5 Å². The van der Waals surface area contributed by atoms with Crippen molar-refractivity contribution in [2.45, 2.75) is 43.5 Å². The number of piperidine rings is 1. The highest BCUT2D eigenvalue weighted by molar-refractivity contribution is 7.86. The summed E-state index contributed by atoms with van der Waals surface area (Å²) in [6, 6.07) is -2.39. The Labute approximate surface area is 161 Å². The van der Waals surface area contributed by atoms with Gasteiger partial charge in [-0.1, -0.05) is 0 Å². The van der Waals surface area contributed by atoms with Crippen LogP contribution in [0.25, 0.3) is 0 Å². The lowest BCUT2D eigenvalue weighted by Crippen LogP contribution is -2.62. The molecule has 1 unspecified atom stereocenters. The Kier molecular flexibility index (Phi) is 5.32. The highest BCUT2D eigenvalue weighted by Gasteiger charge is 2.58. The number of nitrogens with two attached hydrogens (primary N) is 2. The van der Waals surface area contributed by atoms with Gasteiger partial charge in [0.2, 0.25) is 5.72 Å². The van der Waals surface area contributed by atoms with Crippen LogP contribution in [0.3, 0.4) is 0 Å². The molecule has 3 aliphatic rings. The third-order valence-corrected chi connectivity index (χ3v) is 6.60. The summed E-state index contributed by atoms with van der Waals surface area (Å²) in [6.45, 7) is -0.162. The van der Waals surface area contributed by atoms with Gasteiger partial charge in [-0.25, -0.2) is 9.93 Å². The fourth-order valence-corrected chi connectivity index (χ4v) is 5.22. The topological polar surface area (TPSA) is 203 Å². The molecule has 0 aliphatic carbocycles. The van der Waals surface area contributed by atoms with Crippen LogP contribution in [0.4, 0.5) is 4.79 Å². The molecule has 3 saturated heterocycles. The smallest absolute Gasteiger partial charge is 0.365 e. The molecule has 0 radical (unpaired) electrons. The van der Waals surface area contributed by atoms with Crippen LogP contribution in [0, 0.1) is 0 Å². The zero-order valence-corrected chi connectivity index (χ0v) is 16.3. The number of amides is 3. The molecule has 3 rings (SSSR count). The van der Waals surface area contributed by atoms with Crippen molar-refractivity contribution in [3.8, 4) is 0 Å². The summed E-state index contributed by atoms with van der Waals surface area (Å²) in [4.78, 5) is 25.7. The largest absolute Gasteiger partial charge is 0.418 e. The van der Waals surface area contributed by atoms with Crippen LogP contribution >= 0.6 is 0 Å². The van der Waals surface area contributed by atoms with Gasteiger partial charge in [-0.3, -0.25) is 14.2 Å². The molecular weight excluding hydrogens is 422 g/mol. The van der Waals surface area contributed by atoms with E-state index in [-0.39, 0.29) is 32.5 Å². The van der Waals surface area contributed by atoms with Gasteiger partial charge in [0.25, 0.3) is 16.1 Å². The van der Waals surface area contributed by atoms with Crippen LogP contribution in [0.5, 0.6) is 0 Å². The number of hydroxylamine groups is 2. The summed E-state index contributed by atoms with van der Waals surface area (Å²) in [6.07, 6.45) is 1.03. The summed E-state index contributed by atoms with van der Waals surface area (Å²) in [7, 11) is -8.91. The first-order chi connectivity index (χ1) is 12.8. The second-order valence-electron chi connectivity index (χ2n) is 6.83. The van der Waals surface area contributed by atoms with Crippen LogP contribution in [-0.4, -0.2) is 85.1 Å². The molecule has 0 aromatic rings. The summed E-state index contributed by atoms with van der Waals surface area (Å²) in [5.74, 6) is -0.992. The summed E-state index contributed by atoms with van der Waals surface area (Å²) in [5, 5.41) is 5.63. The minimum absolute atomic E-state index is 0.0633. The Balaban J connectivity index is 1.80. The average molecular weight is 443 g/mol.